The standard InChI is InChI=1S/C5H3ClO2S.HN3/c6-4-2-1-3(9-4)5(7)8;1-3-2/h1-2H,(H,7,8);1H. The topological polar surface area (TPSA) is 97.5 Å². The van der Waals surface area contributed by atoms with Crippen molar-refractivity contribution in [1.29, 1.82) is 5.53 Å². The van der Waals surface area contributed by atoms with Crippen LogP contribution in [-0.2, 0) is 0 Å². The van der Waals surface area contributed by atoms with Gasteiger partial charge in [0.1, 0.15) is 4.88 Å². The zero-order chi connectivity index (χ0) is 9.56. The van der Waals surface area contributed by atoms with Gasteiger partial charge in [0.2, 0.25) is 0 Å². The first-order valence-corrected chi connectivity index (χ1v) is 3.80. The first-order chi connectivity index (χ1) is 5.61. The highest BCUT2D eigenvalue weighted by atomic mass is 35.5. The van der Waals surface area contributed by atoms with Crippen molar-refractivity contribution in [1.82, 2.24) is 0 Å². The number of halogens is 1. The van der Waals surface area contributed by atoms with Crippen LogP contribution < -0.4 is 0 Å². The number of carboxylic acids is 1. The van der Waals surface area contributed by atoms with Gasteiger partial charge in [-0.25, -0.2) is 4.79 Å². The fourth-order valence-corrected chi connectivity index (χ4v) is 1.31. The highest BCUT2D eigenvalue weighted by Gasteiger charge is 2.03. The number of nitrogens with one attached hydrogen (secondary N) is 1. The molecule has 12 heavy (non-hydrogen) atoms. The van der Waals surface area contributed by atoms with E-state index < -0.39 is 5.97 Å². The van der Waals surface area contributed by atoms with E-state index in [0.717, 1.165) is 11.3 Å². The number of carboxylic acid groups (broad SMARTS) is 1. The molecule has 5 nitrogen and oxygen atoms in total. The van der Waals surface area contributed by atoms with Gasteiger partial charge in [0.05, 0.1) is 4.34 Å². The van der Waals surface area contributed by atoms with E-state index in [1.807, 2.05) is 0 Å². The lowest BCUT2D eigenvalue weighted by molar-refractivity contribution is 0.0702. The van der Waals surface area contributed by atoms with Gasteiger partial charge in [-0.15, -0.1) is 16.9 Å². The van der Waals surface area contributed by atoms with Crippen LogP contribution in [0, 0.1) is 5.53 Å². The summed E-state index contributed by atoms with van der Waals surface area (Å²) >= 11 is 6.52. The highest BCUT2D eigenvalue weighted by Crippen LogP contribution is 2.20. The van der Waals surface area contributed by atoms with Crippen molar-refractivity contribution in [3.05, 3.63) is 31.8 Å². The van der Waals surface area contributed by atoms with Crippen molar-refractivity contribution in [2.45, 2.75) is 0 Å². The molecule has 0 fully saturated rings. The second-order valence-electron chi connectivity index (χ2n) is 1.51. The SMILES string of the molecule is O=C(O)c1ccc(Cl)s1.[N-]=[N+]=N. The predicted octanol–water partition coefficient (Wildman–Crippen LogP) is 2.98. The van der Waals surface area contributed by atoms with Crippen LogP contribution in [-0.4, -0.2) is 11.1 Å². The maximum absolute atomic E-state index is 10.2. The van der Waals surface area contributed by atoms with Crippen LogP contribution in [0.2, 0.25) is 4.34 Å². The molecule has 0 unspecified atom stereocenters. The summed E-state index contributed by atoms with van der Waals surface area (Å²) < 4.78 is 0.507. The Morgan fingerprint density at radius 2 is 2.25 bits per heavy atom. The molecule has 0 bridgehead atoms. The van der Waals surface area contributed by atoms with Crippen molar-refractivity contribution in [3.63, 3.8) is 0 Å². The van der Waals surface area contributed by atoms with Gasteiger partial charge in [-0.3, -0.25) is 0 Å². The summed E-state index contributed by atoms with van der Waals surface area (Å²) in [6, 6.07) is 3.05. The van der Waals surface area contributed by atoms with Gasteiger partial charge in [0.25, 0.3) is 0 Å². The summed E-state index contributed by atoms with van der Waals surface area (Å²) in [6.07, 6.45) is 0. The number of hydrogen-bond acceptors (Lipinski definition) is 3. The van der Waals surface area contributed by atoms with Crippen molar-refractivity contribution >= 4 is 28.9 Å². The summed E-state index contributed by atoms with van der Waals surface area (Å²) in [5.41, 5.74) is 12.2. The predicted molar refractivity (Wildman–Crippen MR) is 45.7 cm³/mol. The van der Waals surface area contributed by atoms with Gasteiger partial charge in [0, 0.05) is 0 Å². The molecule has 0 amide bonds. The molecular formula is C5H4ClN3O2S. The normalized spacial score (nSPS) is 7.75. The van der Waals surface area contributed by atoms with E-state index in [9.17, 15) is 4.79 Å². The van der Waals surface area contributed by atoms with Gasteiger partial charge >= 0.3 is 5.97 Å². The van der Waals surface area contributed by atoms with Gasteiger partial charge < -0.3 is 5.11 Å². The van der Waals surface area contributed by atoms with Crippen LogP contribution >= 0.6 is 22.9 Å². The van der Waals surface area contributed by atoms with E-state index in [0.29, 0.717) is 4.34 Å². The van der Waals surface area contributed by atoms with Crippen LogP contribution in [0.4, 0.5) is 0 Å². The maximum Gasteiger partial charge on any atom is 0.345 e. The van der Waals surface area contributed by atoms with E-state index in [-0.39, 0.29) is 4.88 Å². The fourth-order valence-electron chi connectivity index (χ4n) is 0.429. The quantitative estimate of drug-likeness (QED) is 0.419. The Morgan fingerprint density at radius 3 is 2.42 bits per heavy atom. The Kier molecular flexibility index (Phi) is 4.87. The average molecular weight is 206 g/mol. The molecule has 64 valence electrons. The van der Waals surface area contributed by atoms with E-state index in [1.165, 1.54) is 6.07 Å². The lowest BCUT2D eigenvalue weighted by Crippen LogP contribution is -1.89. The number of aromatic carboxylic acids is 1. The van der Waals surface area contributed by atoms with Crippen molar-refractivity contribution < 1.29 is 9.90 Å². The number of carbonyl (C=O) groups is 1. The monoisotopic (exact) mass is 205 g/mol. The summed E-state index contributed by atoms with van der Waals surface area (Å²) in [7, 11) is 0. The molecule has 0 aliphatic carbocycles. The first-order valence-electron chi connectivity index (χ1n) is 2.61. The Hall–Kier alpha value is -1.23. The smallest absolute Gasteiger partial charge is 0.345 e. The molecule has 0 saturated carbocycles. The number of nitrogens with zero attached hydrogens (tertiary/aromatic N) is 2. The van der Waals surface area contributed by atoms with Crippen LogP contribution in [0.3, 0.4) is 0 Å². The zero-order valence-electron chi connectivity index (χ0n) is 5.69. The number of rotatable bonds is 1. The summed E-state index contributed by atoms with van der Waals surface area (Å²) in [4.78, 5) is 12.2. The summed E-state index contributed by atoms with van der Waals surface area (Å²) in [6.45, 7) is 0. The number of hydrogen-bond donors (Lipinski definition) is 2. The molecule has 1 aromatic rings. The Labute approximate surface area is 76.6 Å². The molecule has 1 heterocycles. The van der Waals surface area contributed by atoms with E-state index in [2.05, 4.69) is 0 Å². The third kappa shape index (κ3) is 3.82. The minimum atomic E-state index is -0.924. The summed E-state index contributed by atoms with van der Waals surface area (Å²) in [5.74, 6) is -0.924. The van der Waals surface area contributed by atoms with E-state index in [4.69, 9.17) is 27.8 Å². The van der Waals surface area contributed by atoms with E-state index >= 15 is 0 Å². The summed E-state index contributed by atoms with van der Waals surface area (Å²) in [5, 5.41) is 8.35. The third-order valence-electron chi connectivity index (χ3n) is 0.784. The zero-order valence-corrected chi connectivity index (χ0v) is 7.26. The Balaban J connectivity index is 0.000000354. The Bertz CT molecular complexity index is 305. The van der Waals surface area contributed by atoms with Gasteiger partial charge in [-0.2, -0.15) is 0 Å². The minimum Gasteiger partial charge on any atom is -0.477 e. The molecular weight excluding hydrogens is 202 g/mol. The van der Waals surface area contributed by atoms with Crippen LogP contribution in [0.1, 0.15) is 9.67 Å². The van der Waals surface area contributed by atoms with Crippen molar-refractivity contribution in [2.24, 2.45) is 0 Å². The first kappa shape index (κ1) is 10.8. The molecule has 1 aromatic heterocycles. The Morgan fingerprint density at radius 1 is 1.75 bits per heavy atom. The largest absolute Gasteiger partial charge is 0.477 e. The fraction of sp³-hybridized carbons (Fsp3) is 0. The minimum absolute atomic E-state index is 0.278. The molecule has 0 radical (unpaired) electrons. The molecule has 2 N–H and O–H groups in total. The van der Waals surface area contributed by atoms with Gasteiger partial charge in [-0.05, 0) is 22.6 Å². The molecule has 0 atom stereocenters. The van der Waals surface area contributed by atoms with Crippen LogP contribution in [0.5, 0.6) is 0 Å². The van der Waals surface area contributed by atoms with Crippen molar-refractivity contribution in [3.8, 4) is 0 Å². The lowest BCUT2D eigenvalue weighted by Gasteiger charge is -1.79. The maximum atomic E-state index is 10.2. The second kappa shape index (κ2) is 5.42. The third-order valence-corrected chi connectivity index (χ3v) is 2.00. The highest BCUT2D eigenvalue weighted by molar-refractivity contribution is 7.17. The molecule has 0 aromatic carbocycles. The molecule has 1 rings (SSSR count). The number of thiophene rings is 1. The van der Waals surface area contributed by atoms with Crippen LogP contribution in [0.15, 0.2) is 12.1 Å². The molecule has 0 saturated heterocycles. The molecule has 7 heteroatoms. The average Bonchev–Trinajstić information content (AvgIpc) is 2.37. The molecule has 0 aliphatic heterocycles. The molecule has 0 aliphatic rings. The van der Waals surface area contributed by atoms with Gasteiger partial charge in [-0.1, -0.05) is 11.6 Å². The van der Waals surface area contributed by atoms with Crippen molar-refractivity contribution in [2.75, 3.05) is 0 Å². The van der Waals surface area contributed by atoms with E-state index in [1.54, 1.807) is 11.0 Å². The lowest BCUT2D eigenvalue weighted by atomic mass is 10.5. The van der Waals surface area contributed by atoms with Crippen LogP contribution in [0.25, 0.3) is 10.4 Å². The molecule has 0 spiro atoms. The second-order valence-corrected chi connectivity index (χ2v) is 3.22. The van der Waals surface area contributed by atoms with Gasteiger partial charge in [0.15, 0.2) is 0 Å².